The Morgan fingerprint density at radius 1 is 1.28 bits per heavy atom. The SMILES string of the molecule is CCNC(=NCc1ccc(S(C)(=O)=O)c(C)c1)NCc1nc(-c2ccco2)n[nH]1. The number of aliphatic imine (C=N–C) groups is 1. The molecule has 0 aliphatic heterocycles. The highest BCUT2D eigenvalue weighted by Crippen LogP contribution is 2.17. The molecule has 0 spiro atoms. The van der Waals surface area contributed by atoms with Gasteiger partial charge in [-0.05, 0) is 43.2 Å². The summed E-state index contributed by atoms with van der Waals surface area (Å²) in [4.78, 5) is 9.28. The molecule has 2 heterocycles. The number of hydrogen-bond acceptors (Lipinski definition) is 6. The van der Waals surface area contributed by atoms with E-state index in [1.165, 1.54) is 6.26 Å². The topological polar surface area (TPSA) is 125 Å². The van der Waals surface area contributed by atoms with E-state index >= 15 is 0 Å². The van der Waals surface area contributed by atoms with Crippen LogP contribution in [0, 0.1) is 6.92 Å². The van der Waals surface area contributed by atoms with Gasteiger partial charge in [-0.25, -0.2) is 18.4 Å². The van der Waals surface area contributed by atoms with Crippen LogP contribution in [0.25, 0.3) is 11.6 Å². The number of rotatable bonds is 7. The Morgan fingerprint density at radius 3 is 2.76 bits per heavy atom. The van der Waals surface area contributed by atoms with Crippen LogP contribution in [0.3, 0.4) is 0 Å². The lowest BCUT2D eigenvalue weighted by Gasteiger charge is -2.10. The minimum Gasteiger partial charge on any atom is -0.461 e. The fourth-order valence-corrected chi connectivity index (χ4v) is 3.75. The second kappa shape index (κ2) is 8.91. The van der Waals surface area contributed by atoms with Crippen molar-refractivity contribution < 1.29 is 12.8 Å². The standard InChI is InChI=1S/C19H24N6O3S/c1-4-20-19(21-11-14-7-8-16(13(2)10-14)29(3,26)27)22-12-17-23-18(25-24-17)15-6-5-9-28-15/h5-10H,4,11-12H2,1-3H3,(H2,20,21,22)(H,23,24,25). The third kappa shape index (κ3) is 5.44. The molecule has 9 nitrogen and oxygen atoms in total. The number of aromatic amines is 1. The molecule has 3 aromatic rings. The van der Waals surface area contributed by atoms with Gasteiger partial charge in [-0.1, -0.05) is 12.1 Å². The number of nitrogens with one attached hydrogen (secondary N) is 3. The molecule has 0 unspecified atom stereocenters. The van der Waals surface area contributed by atoms with Crippen LogP contribution in [0.1, 0.15) is 23.9 Å². The number of nitrogens with zero attached hydrogens (tertiary/aromatic N) is 3. The average molecular weight is 417 g/mol. The van der Waals surface area contributed by atoms with E-state index in [2.05, 4.69) is 30.8 Å². The molecule has 0 bridgehead atoms. The van der Waals surface area contributed by atoms with Crippen molar-refractivity contribution in [2.75, 3.05) is 12.8 Å². The predicted molar refractivity (Wildman–Crippen MR) is 110 cm³/mol. The zero-order chi connectivity index (χ0) is 20.9. The number of aromatic nitrogens is 3. The lowest BCUT2D eigenvalue weighted by molar-refractivity contribution is 0.577. The molecule has 10 heteroatoms. The number of benzene rings is 1. The van der Waals surface area contributed by atoms with Crippen LogP contribution in [0.15, 0.2) is 50.9 Å². The van der Waals surface area contributed by atoms with E-state index in [4.69, 9.17) is 4.42 Å². The van der Waals surface area contributed by atoms with Gasteiger partial charge >= 0.3 is 0 Å². The molecule has 3 rings (SSSR count). The average Bonchev–Trinajstić information content (AvgIpc) is 3.34. The third-order valence-electron chi connectivity index (χ3n) is 4.10. The van der Waals surface area contributed by atoms with Gasteiger partial charge in [0.2, 0.25) is 5.82 Å². The maximum atomic E-state index is 11.7. The maximum absolute atomic E-state index is 11.7. The highest BCUT2D eigenvalue weighted by atomic mass is 32.2. The summed E-state index contributed by atoms with van der Waals surface area (Å²) < 4.78 is 28.8. The van der Waals surface area contributed by atoms with Gasteiger partial charge in [0.25, 0.3) is 0 Å². The van der Waals surface area contributed by atoms with E-state index in [1.807, 2.05) is 13.0 Å². The minimum absolute atomic E-state index is 0.341. The number of furan rings is 1. The van der Waals surface area contributed by atoms with Crippen LogP contribution in [0.5, 0.6) is 0 Å². The molecule has 0 saturated carbocycles. The molecule has 0 saturated heterocycles. The number of H-pyrrole nitrogens is 1. The molecule has 0 aliphatic rings. The van der Waals surface area contributed by atoms with Crippen molar-refractivity contribution in [3.8, 4) is 11.6 Å². The number of guanidine groups is 1. The van der Waals surface area contributed by atoms with Crippen molar-refractivity contribution in [1.29, 1.82) is 0 Å². The molecular weight excluding hydrogens is 392 g/mol. The van der Waals surface area contributed by atoms with Crippen molar-refractivity contribution in [3.63, 3.8) is 0 Å². The number of aryl methyl sites for hydroxylation is 1. The van der Waals surface area contributed by atoms with Crippen molar-refractivity contribution in [2.45, 2.75) is 31.8 Å². The number of sulfone groups is 1. The zero-order valence-electron chi connectivity index (χ0n) is 16.6. The van der Waals surface area contributed by atoms with Gasteiger partial charge in [0.1, 0.15) is 5.82 Å². The Hall–Kier alpha value is -3.14. The summed E-state index contributed by atoms with van der Waals surface area (Å²) >= 11 is 0. The van der Waals surface area contributed by atoms with Gasteiger partial charge in [-0.3, -0.25) is 5.10 Å². The second-order valence-electron chi connectivity index (χ2n) is 6.50. The first kappa shape index (κ1) is 20.6. The quantitative estimate of drug-likeness (QED) is 0.397. The molecule has 3 N–H and O–H groups in total. The summed E-state index contributed by atoms with van der Waals surface area (Å²) in [5.41, 5.74) is 1.64. The summed E-state index contributed by atoms with van der Waals surface area (Å²) in [6, 6.07) is 8.82. The van der Waals surface area contributed by atoms with Gasteiger partial charge in [0, 0.05) is 12.8 Å². The van der Waals surface area contributed by atoms with Gasteiger partial charge in [0.05, 0.1) is 24.2 Å². The largest absolute Gasteiger partial charge is 0.461 e. The van der Waals surface area contributed by atoms with Crippen LogP contribution in [0.4, 0.5) is 0 Å². The van der Waals surface area contributed by atoms with E-state index in [9.17, 15) is 8.42 Å². The van der Waals surface area contributed by atoms with Crippen molar-refractivity contribution in [3.05, 3.63) is 53.5 Å². The molecular formula is C19H24N6O3S. The molecule has 2 aromatic heterocycles. The molecule has 1 aromatic carbocycles. The molecule has 0 radical (unpaired) electrons. The highest BCUT2D eigenvalue weighted by molar-refractivity contribution is 7.90. The highest BCUT2D eigenvalue weighted by Gasteiger charge is 2.11. The van der Waals surface area contributed by atoms with Crippen LogP contribution in [-0.2, 0) is 22.9 Å². The van der Waals surface area contributed by atoms with Crippen LogP contribution in [-0.4, -0.2) is 42.4 Å². The van der Waals surface area contributed by atoms with Crippen molar-refractivity contribution in [1.82, 2.24) is 25.8 Å². The first-order chi connectivity index (χ1) is 13.9. The predicted octanol–water partition coefficient (Wildman–Crippen LogP) is 2.03. The lowest BCUT2D eigenvalue weighted by Crippen LogP contribution is -2.37. The van der Waals surface area contributed by atoms with E-state index in [0.29, 0.717) is 53.5 Å². The van der Waals surface area contributed by atoms with Gasteiger partial charge < -0.3 is 15.1 Å². The Kier molecular flexibility index (Phi) is 6.32. The second-order valence-corrected chi connectivity index (χ2v) is 8.49. The van der Waals surface area contributed by atoms with E-state index < -0.39 is 9.84 Å². The first-order valence-electron chi connectivity index (χ1n) is 9.13. The summed E-state index contributed by atoms with van der Waals surface area (Å²) in [6.45, 7) is 5.28. The van der Waals surface area contributed by atoms with E-state index in [1.54, 1.807) is 37.5 Å². The zero-order valence-corrected chi connectivity index (χ0v) is 17.4. The summed E-state index contributed by atoms with van der Waals surface area (Å²) in [6.07, 6.45) is 2.78. The Balaban J connectivity index is 1.65. The Labute approximate surface area is 169 Å². The van der Waals surface area contributed by atoms with Gasteiger partial charge in [0.15, 0.2) is 21.6 Å². The minimum atomic E-state index is -3.23. The van der Waals surface area contributed by atoms with Crippen molar-refractivity contribution in [2.24, 2.45) is 4.99 Å². The fraction of sp³-hybridized carbons (Fsp3) is 0.316. The molecule has 0 fully saturated rings. The van der Waals surface area contributed by atoms with E-state index in [0.717, 1.165) is 5.56 Å². The molecule has 0 amide bonds. The number of hydrogen-bond donors (Lipinski definition) is 3. The van der Waals surface area contributed by atoms with Crippen LogP contribution < -0.4 is 10.6 Å². The molecule has 0 atom stereocenters. The fourth-order valence-electron chi connectivity index (χ4n) is 2.80. The molecule has 29 heavy (non-hydrogen) atoms. The van der Waals surface area contributed by atoms with Gasteiger partial charge in [-0.2, -0.15) is 0 Å². The lowest BCUT2D eigenvalue weighted by atomic mass is 10.1. The first-order valence-corrected chi connectivity index (χ1v) is 11.0. The van der Waals surface area contributed by atoms with Gasteiger partial charge in [-0.15, -0.1) is 5.10 Å². The summed E-state index contributed by atoms with van der Waals surface area (Å²) in [5, 5.41) is 13.4. The monoisotopic (exact) mass is 416 g/mol. The Bertz CT molecular complexity index is 1090. The smallest absolute Gasteiger partial charge is 0.216 e. The van der Waals surface area contributed by atoms with Crippen LogP contribution >= 0.6 is 0 Å². The maximum Gasteiger partial charge on any atom is 0.216 e. The molecule has 0 aliphatic carbocycles. The normalized spacial score (nSPS) is 12.2. The summed E-state index contributed by atoms with van der Waals surface area (Å²) in [5.74, 6) is 2.36. The van der Waals surface area contributed by atoms with Crippen LogP contribution in [0.2, 0.25) is 0 Å². The molecule has 154 valence electrons. The summed E-state index contributed by atoms with van der Waals surface area (Å²) in [7, 11) is -3.23. The Morgan fingerprint density at radius 2 is 2.10 bits per heavy atom. The third-order valence-corrected chi connectivity index (χ3v) is 5.36. The van der Waals surface area contributed by atoms with Crippen molar-refractivity contribution >= 4 is 15.8 Å². The van der Waals surface area contributed by atoms with E-state index in [-0.39, 0.29) is 0 Å².